The predicted molar refractivity (Wildman–Crippen MR) is 72.9 cm³/mol. The molecule has 0 spiro atoms. The Morgan fingerprint density at radius 1 is 1.10 bits per heavy atom. The Morgan fingerprint density at radius 3 is 2.40 bits per heavy atom. The lowest BCUT2D eigenvalue weighted by Crippen LogP contribution is -2.09. The zero-order valence-electron chi connectivity index (χ0n) is 11.0. The van der Waals surface area contributed by atoms with Gasteiger partial charge in [-0.25, -0.2) is 4.98 Å². The molecular formula is C14H14F3N3. The monoisotopic (exact) mass is 281 g/mol. The van der Waals surface area contributed by atoms with Crippen molar-refractivity contribution in [2.75, 3.05) is 11.1 Å². The average Bonchev–Trinajstić information content (AvgIpc) is 2.35. The Morgan fingerprint density at radius 2 is 1.80 bits per heavy atom. The number of aromatic nitrogens is 1. The maximum atomic E-state index is 12.6. The van der Waals surface area contributed by atoms with Crippen molar-refractivity contribution >= 4 is 17.1 Å². The van der Waals surface area contributed by atoms with Crippen LogP contribution in [0.15, 0.2) is 30.5 Å². The van der Waals surface area contributed by atoms with Gasteiger partial charge in [-0.05, 0) is 43.2 Å². The Labute approximate surface area is 114 Å². The van der Waals surface area contributed by atoms with Crippen LogP contribution in [0.4, 0.5) is 30.2 Å². The van der Waals surface area contributed by atoms with Crippen molar-refractivity contribution < 1.29 is 13.2 Å². The lowest BCUT2D eigenvalue weighted by Gasteiger charge is -2.13. The first-order valence-electron chi connectivity index (χ1n) is 5.94. The molecule has 20 heavy (non-hydrogen) atoms. The third-order valence-electron chi connectivity index (χ3n) is 3.01. The molecule has 1 aromatic carbocycles. The van der Waals surface area contributed by atoms with E-state index in [1.807, 2.05) is 26.0 Å². The fraction of sp³-hybridized carbons (Fsp3) is 0.214. The van der Waals surface area contributed by atoms with Crippen LogP contribution in [0.3, 0.4) is 0 Å². The number of nitrogens with zero attached hydrogens (tertiary/aromatic N) is 1. The molecule has 1 aromatic heterocycles. The normalized spacial score (nSPS) is 11.4. The minimum atomic E-state index is -4.49. The number of benzene rings is 1. The van der Waals surface area contributed by atoms with Crippen LogP contribution >= 0.6 is 0 Å². The summed E-state index contributed by atoms with van der Waals surface area (Å²) in [5.41, 5.74) is 7.86. The maximum absolute atomic E-state index is 12.6. The van der Waals surface area contributed by atoms with Gasteiger partial charge in [0, 0.05) is 5.69 Å². The quantitative estimate of drug-likeness (QED) is 0.873. The summed E-state index contributed by atoms with van der Waals surface area (Å²) < 4.78 is 37.9. The summed E-state index contributed by atoms with van der Waals surface area (Å²) in [5.74, 6) is 0. The first-order chi connectivity index (χ1) is 9.27. The number of anilines is 3. The largest absolute Gasteiger partial charge is 0.433 e. The van der Waals surface area contributed by atoms with Gasteiger partial charge < -0.3 is 11.1 Å². The van der Waals surface area contributed by atoms with Crippen molar-refractivity contribution in [1.29, 1.82) is 0 Å². The smallest absolute Gasteiger partial charge is 0.396 e. The first-order valence-corrected chi connectivity index (χ1v) is 5.94. The second-order valence-corrected chi connectivity index (χ2v) is 4.58. The van der Waals surface area contributed by atoms with Gasteiger partial charge in [-0.1, -0.05) is 6.07 Å². The molecule has 1 heterocycles. The van der Waals surface area contributed by atoms with Crippen LogP contribution in [0.2, 0.25) is 0 Å². The van der Waals surface area contributed by atoms with Crippen LogP contribution in [0, 0.1) is 13.8 Å². The van der Waals surface area contributed by atoms with Gasteiger partial charge in [-0.3, -0.25) is 0 Å². The van der Waals surface area contributed by atoms with E-state index in [1.165, 1.54) is 0 Å². The molecule has 3 nitrogen and oxygen atoms in total. The van der Waals surface area contributed by atoms with Crippen LogP contribution in [-0.2, 0) is 6.18 Å². The van der Waals surface area contributed by atoms with Gasteiger partial charge in [0.25, 0.3) is 0 Å². The zero-order chi connectivity index (χ0) is 14.9. The predicted octanol–water partition coefficient (Wildman–Crippen LogP) is 4.04. The highest BCUT2D eigenvalue weighted by Gasteiger charge is 2.32. The van der Waals surface area contributed by atoms with Gasteiger partial charge in [-0.2, -0.15) is 13.2 Å². The molecule has 0 aliphatic rings. The SMILES string of the molecule is Cc1ccc(Nc2cc(C(F)(F)F)ncc2N)cc1C. The minimum absolute atomic E-state index is 0.163. The molecule has 0 saturated heterocycles. The van der Waals surface area contributed by atoms with Crippen molar-refractivity contribution in [2.45, 2.75) is 20.0 Å². The number of rotatable bonds is 2. The van der Waals surface area contributed by atoms with E-state index >= 15 is 0 Å². The van der Waals surface area contributed by atoms with E-state index in [2.05, 4.69) is 10.3 Å². The summed E-state index contributed by atoms with van der Waals surface area (Å²) in [7, 11) is 0. The summed E-state index contributed by atoms with van der Waals surface area (Å²) in [6, 6.07) is 6.43. The zero-order valence-corrected chi connectivity index (χ0v) is 11.0. The number of hydrogen-bond acceptors (Lipinski definition) is 3. The third kappa shape index (κ3) is 3.01. The van der Waals surface area contributed by atoms with Crippen molar-refractivity contribution in [3.05, 3.63) is 47.3 Å². The molecule has 0 amide bonds. The van der Waals surface area contributed by atoms with Crippen LogP contribution in [-0.4, -0.2) is 4.98 Å². The Bertz CT molecular complexity index is 636. The molecule has 0 unspecified atom stereocenters. The topological polar surface area (TPSA) is 50.9 Å². The molecular weight excluding hydrogens is 267 g/mol. The number of nitrogen functional groups attached to an aromatic ring is 1. The number of hydrogen-bond donors (Lipinski definition) is 2. The average molecular weight is 281 g/mol. The highest BCUT2D eigenvalue weighted by atomic mass is 19.4. The molecule has 0 aliphatic heterocycles. The van der Waals surface area contributed by atoms with E-state index in [1.54, 1.807) is 6.07 Å². The van der Waals surface area contributed by atoms with Gasteiger partial charge >= 0.3 is 6.18 Å². The molecule has 2 aromatic rings. The van der Waals surface area contributed by atoms with Gasteiger partial charge in [0.2, 0.25) is 0 Å². The van der Waals surface area contributed by atoms with Gasteiger partial charge in [0.05, 0.1) is 17.6 Å². The summed E-state index contributed by atoms with van der Waals surface area (Å²) in [6.45, 7) is 3.89. The molecule has 3 N–H and O–H groups in total. The standard InChI is InChI=1S/C14H14F3N3/c1-8-3-4-10(5-9(8)2)20-12-6-13(14(15,16)17)19-7-11(12)18/h3-7H,18H2,1-2H3,(H,19,20). The van der Waals surface area contributed by atoms with Crippen LogP contribution < -0.4 is 11.1 Å². The summed E-state index contributed by atoms with van der Waals surface area (Å²) in [5, 5.41) is 2.89. The number of alkyl halides is 3. The van der Waals surface area contributed by atoms with E-state index in [-0.39, 0.29) is 11.4 Å². The molecule has 0 bridgehead atoms. The maximum Gasteiger partial charge on any atom is 0.433 e. The van der Waals surface area contributed by atoms with Gasteiger partial charge in [0.1, 0.15) is 5.69 Å². The summed E-state index contributed by atoms with van der Waals surface area (Å²) in [6.07, 6.45) is -3.49. The van der Waals surface area contributed by atoms with E-state index in [9.17, 15) is 13.2 Å². The van der Waals surface area contributed by atoms with E-state index < -0.39 is 11.9 Å². The first kappa shape index (κ1) is 14.2. The van der Waals surface area contributed by atoms with Crippen LogP contribution in [0.1, 0.15) is 16.8 Å². The molecule has 106 valence electrons. The Balaban J connectivity index is 2.35. The van der Waals surface area contributed by atoms with E-state index in [0.717, 1.165) is 23.4 Å². The van der Waals surface area contributed by atoms with Gasteiger partial charge in [0.15, 0.2) is 0 Å². The lowest BCUT2D eigenvalue weighted by molar-refractivity contribution is -0.141. The molecule has 0 radical (unpaired) electrons. The number of halogens is 3. The molecule has 2 rings (SSSR count). The highest BCUT2D eigenvalue weighted by Crippen LogP contribution is 2.32. The lowest BCUT2D eigenvalue weighted by atomic mass is 10.1. The number of nitrogens with two attached hydrogens (primary N) is 1. The molecule has 0 saturated carbocycles. The molecule has 0 atom stereocenters. The Hall–Kier alpha value is -2.24. The minimum Gasteiger partial charge on any atom is -0.396 e. The van der Waals surface area contributed by atoms with Crippen molar-refractivity contribution in [2.24, 2.45) is 0 Å². The van der Waals surface area contributed by atoms with E-state index in [4.69, 9.17) is 5.73 Å². The summed E-state index contributed by atoms with van der Waals surface area (Å²) >= 11 is 0. The van der Waals surface area contributed by atoms with Gasteiger partial charge in [-0.15, -0.1) is 0 Å². The van der Waals surface area contributed by atoms with Crippen LogP contribution in [0.25, 0.3) is 0 Å². The second-order valence-electron chi connectivity index (χ2n) is 4.58. The van der Waals surface area contributed by atoms with Crippen molar-refractivity contribution in [3.63, 3.8) is 0 Å². The summed E-state index contributed by atoms with van der Waals surface area (Å²) in [4.78, 5) is 3.29. The second kappa shape index (κ2) is 5.03. The molecule has 0 aliphatic carbocycles. The fourth-order valence-corrected chi connectivity index (χ4v) is 1.70. The highest BCUT2D eigenvalue weighted by molar-refractivity contribution is 5.72. The van der Waals surface area contributed by atoms with E-state index in [0.29, 0.717) is 5.69 Å². The van der Waals surface area contributed by atoms with Crippen molar-refractivity contribution in [3.8, 4) is 0 Å². The number of nitrogens with one attached hydrogen (secondary N) is 1. The Kier molecular flexibility index (Phi) is 3.57. The number of aryl methyl sites for hydroxylation is 2. The molecule has 6 heteroatoms. The van der Waals surface area contributed by atoms with Crippen LogP contribution in [0.5, 0.6) is 0 Å². The third-order valence-corrected chi connectivity index (χ3v) is 3.01. The molecule has 0 fully saturated rings. The van der Waals surface area contributed by atoms with Crippen molar-refractivity contribution in [1.82, 2.24) is 4.98 Å². The fourth-order valence-electron chi connectivity index (χ4n) is 1.70. The number of pyridine rings is 1.